The van der Waals surface area contributed by atoms with E-state index in [1.165, 1.54) is 6.39 Å². The van der Waals surface area contributed by atoms with Crippen LogP contribution < -0.4 is 5.32 Å². The maximum atomic E-state index is 12.2. The molecule has 22 heavy (non-hydrogen) atoms. The molecule has 1 saturated heterocycles. The number of rotatable bonds is 4. The smallest absolute Gasteiger partial charge is 0.251 e. The lowest BCUT2D eigenvalue weighted by molar-refractivity contribution is 0.0311. The fourth-order valence-corrected chi connectivity index (χ4v) is 3.67. The lowest BCUT2D eigenvalue weighted by Crippen LogP contribution is -2.45. The summed E-state index contributed by atoms with van der Waals surface area (Å²) in [4.78, 5) is 16.0. The second kappa shape index (κ2) is 6.54. The van der Waals surface area contributed by atoms with Gasteiger partial charge in [-0.1, -0.05) is 12.1 Å². The SMILES string of the molecule is O=C(NCC1(O)CCSCC1)c1ccc(-c2cnco2)cc1. The Hall–Kier alpha value is -1.79. The number of nitrogens with one attached hydrogen (secondary N) is 1. The molecule has 3 rings (SSSR count). The third-order valence-corrected chi connectivity index (χ3v) is 4.85. The highest BCUT2D eigenvalue weighted by molar-refractivity contribution is 7.99. The van der Waals surface area contributed by atoms with Crippen molar-refractivity contribution < 1.29 is 14.3 Å². The summed E-state index contributed by atoms with van der Waals surface area (Å²) in [5, 5.41) is 13.2. The van der Waals surface area contributed by atoms with E-state index in [9.17, 15) is 9.90 Å². The molecule has 1 aromatic heterocycles. The van der Waals surface area contributed by atoms with Gasteiger partial charge in [-0.15, -0.1) is 0 Å². The number of aromatic nitrogens is 1. The lowest BCUT2D eigenvalue weighted by Gasteiger charge is -2.31. The van der Waals surface area contributed by atoms with E-state index >= 15 is 0 Å². The molecule has 0 bridgehead atoms. The summed E-state index contributed by atoms with van der Waals surface area (Å²) in [6.45, 7) is 0.302. The van der Waals surface area contributed by atoms with E-state index in [4.69, 9.17) is 4.42 Å². The number of aliphatic hydroxyl groups is 1. The van der Waals surface area contributed by atoms with Crippen molar-refractivity contribution in [3.63, 3.8) is 0 Å². The van der Waals surface area contributed by atoms with Gasteiger partial charge in [0.25, 0.3) is 5.91 Å². The summed E-state index contributed by atoms with van der Waals surface area (Å²) in [6, 6.07) is 7.13. The molecule has 0 spiro atoms. The van der Waals surface area contributed by atoms with Crippen molar-refractivity contribution in [1.82, 2.24) is 10.3 Å². The minimum absolute atomic E-state index is 0.171. The van der Waals surface area contributed by atoms with Crippen molar-refractivity contribution in [3.05, 3.63) is 42.4 Å². The Labute approximate surface area is 133 Å². The quantitative estimate of drug-likeness (QED) is 0.905. The average Bonchev–Trinajstić information content (AvgIpc) is 3.08. The molecule has 5 nitrogen and oxygen atoms in total. The minimum atomic E-state index is -0.763. The molecule has 1 aliphatic rings. The van der Waals surface area contributed by atoms with Crippen LogP contribution in [0.2, 0.25) is 0 Å². The Kier molecular flexibility index (Phi) is 4.49. The second-order valence-electron chi connectivity index (χ2n) is 5.46. The first-order valence-corrected chi connectivity index (χ1v) is 8.39. The van der Waals surface area contributed by atoms with Crippen molar-refractivity contribution >= 4 is 17.7 Å². The molecule has 2 N–H and O–H groups in total. The Morgan fingerprint density at radius 1 is 1.32 bits per heavy atom. The van der Waals surface area contributed by atoms with Gasteiger partial charge in [0.15, 0.2) is 12.2 Å². The number of amides is 1. The topological polar surface area (TPSA) is 75.4 Å². The van der Waals surface area contributed by atoms with Gasteiger partial charge in [-0.3, -0.25) is 4.79 Å². The molecule has 6 heteroatoms. The maximum Gasteiger partial charge on any atom is 0.251 e. The molecule has 2 heterocycles. The van der Waals surface area contributed by atoms with Crippen molar-refractivity contribution in [1.29, 1.82) is 0 Å². The largest absolute Gasteiger partial charge is 0.444 e. The van der Waals surface area contributed by atoms with E-state index in [-0.39, 0.29) is 5.91 Å². The summed E-state index contributed by atoms with van der Waals surface area (Å²) in [5.41, 5.74) is 0.676. The summed E-state index contributed by atoms with van der Waals surface area (Å²) < 4.78 is 5.21. The Morgan fingerprint density at radius 3 is 2.68 bits per heavy atom. The zero-order chi connectivity index (χ0) is 15.4. The molecule has 2 aromatic rings. The number of hydrogen-bond acceptors (Lipinski definition) is 5. The van der Waals surface area contributed by atoms with Gasteiger partial charge < -0.3 is 14.8 Å². The normalized spacial score (nSPS) is 17.1. The van der Waals surface area contributed by atoms with Crippen LogP contribution in [-0.4, -0.2) is 39.6 Å². The molecule has 0 saturated carbocycles. The zero-order valence-electron chi connectivity index (χ0n) is 12.1. The van der Waals surface area contributed by atoms with E-state index in [1.54, 1.807) is 18.3 Å². The van der Waals surface area contributed by atoms with E-state index in [0.717, 1.165) is 29.9 Å². The zero-order valence-corrected chi connectivity index (χ0v) is 12.9. The van der Waals surface area contributed by atoms with Crippen molar-refractivity contribution in [3.8, 4) is 11.3 Å². The summed E-state index contributed by atoms with van der Waals surface area (Å²) in [7, 11) is 0. The molecule has 1 aliphatic heterocycles. The molecular formula is C16H18N2O3S. The first-order valence-electron chi connectivity index (χ1n) is 7.24. The summed E-state index contributed by atoms with van der Waals surface area (Å²) in [6.07, 6.45) is 4.45. The lowest BCUT2D eigenvalue weighted by atomic mass is 9.97. The molecule has 1 aromatic carbocycles. The number of carbonyl (C=O) groups is 1. The van der Waals surface area contributed by atoms with Crippen LogP contribution in [0.5, 0.6) is 0 Å². The first-order chi connectivity index (χ1) is 10.7. The van der Waals surface area contributed by atoms with Gasteiger partial charge in [0.2, 0.25) is 0 Å². The van der Waals surface area contributed by atoms with Crippen LogP contribution in [-0.2, 0) is 0 Å². The summed E-state index contributed by atoms with van der Waals surface area (Å²) in [5.74, 6) is 2.38. The van der Waals surface area contributed by atoms with Crippen LogP contribution in [0.4, 0.5) is 0 Å². The Balaban J connectivity index is 1.60. The van der Waals surface area contributed by atoms with Crippen molar-refractivity contribution in [2.24, 2.45) is 0 Å². The van der Waals surface area contributed by atoms with E-state index < -0.39 is 5.60 Å². The summed E-state index contributed by atoms with van der Waals surface area (Å²) >= 11 is 1.84. The van der Waals surface area contributed by atoms with Gasteiger partial charge in [0.05, 0.1) is 11.8 Å². The highest BCUT2D eigenvalue weighted by Gasteiger charge is 2.29. The number of oxazole rings is 1. The number of hydrogen-bond donors (Lipinski definition) is 2. The third-order valence-electron chi connectivity index (χ3n) is 3.87. The molecule has 0 atom stereocenters. The minimum Gasteiger partial charge on any atom is -0.444 e. The van der Waals surface area contributed by atoms with Gasteiger partial charge in [-0.25, -0.2) is 4.98 Å². The number of nitrogens with zero attached hydrogens (tertiary/aromatic N) is 1. The van der Waals surface area contributed by atoms with Crippen LogP contribution in [0, 0.1) is 0 Å². The van der Waals surface area contributed by atoms with Crippen LogP contribution in [0.3, 0.4) is 0 Å². The molecule has 1 fully saturated rings. The van der Waals surface area contributed by atoms with E-state index in [1.807, 2.05) is 23.9 Å². The maximum absolute atomic E-state index is 12.2. The molecular weight excluding hydrogens is 300 g/mol. The number of carbonyl (C=O) groups excluding carboxylic acids is 1. The molecule has 0 aliphatic carbocycles. The van der Waals surface area contributed by atoms with Crippen LogP contribution >= 0.6 is 11.8 Å². The molecule has 0 radical (unpaired) electrons. The van der Waals surface area contributed by atoms with Gasteiger partial charge >= 0.3 is 0 Å². The van der Waals surface area contributed by atoms with Crippen LogP contribution in [0.25, 0.3) is 11.3 Å². The van der Waals surface area contributed by atoms with Gasteiger partial charge in [-0.05, 0) is 36.5 Å². The molecule has 1 amide bonds. The molecule has 0 unspecified atom stereocenters. The third kappa shape index (κ3) is 3.51. The number of thioether (sulfide) groups is 1. The fourth-order valence-electron chi connectivity index (χ4n) is 2.42. The fraction of sp³-hybridized carbons (Fsp3) is 0.375. The Morgan fingerprint density at radius 2 is 2.05 bits per heavy atom. The van der Waals surface area contributed by atoms with Gasteiger partial charge in [0, 0.05) is 17.7 Å². The van der Waals surface area contributed by atoms with Crippen LogP contribution in [0.1, 0.15) is 23.2 Å². The number of benzene rings is 1. The van der Waals surface area contributed by atoms with E-state index in [0.29, 0.717) is 17.9 Å². The first kappa shape index (κ1) is 15.1. The van der Waals surface area contributed by atoms with Gasteiger partial charge in [0.1, 0.15) is 0 Å². The predicted molar refractivity (Wildman–Crippen MR) is 85.8 cm³/mol. The predicted octanol–water partition coefficient (Wildman–Crippen LogP) is 2.33. The van der Waals surface area contributed by atoms with E-state index in [2.05, 4.69) is 10.3 Å². The standard InChI is InChI=1S/C16H18N2O3S/c19-15(18-10-16(20)5-7-22-8-6-16)13-3-1-12(2-4-13)14-9-17-11-21-14/h1-4,9,11,20H,5-8,10H2,(H,18,19). The highest BCUT2D eigenvalue weighted by Crippen LogP contribution is 2.26. The van der Waals surface area contributed by atoms with Crippen molar-refractivity contribution in [2.75, 3.05) is 18.1 Å². The van der Waals surface area contributed by atoms with Crippen molar-refractivity contribution in [2.45, 2.75) is 18.4 Å². The molecule has 116 valence electrons. The van der Waals surface area contributed by atoms with Crippen LogP contribution in [0.15, 0.2) is 41.3 Å². The van der Waals surface area contributed by atoms with Gasteiger partial charge in [-0.2, -0.15) is 11.8 Å². The average molecular weight is 318 g/mol. The Bertz CT molecular complexity index is 619. The second-order valence-corrected chi connectivity index (χ2v) is 6.69. The highest BCUT2D eigenvalue weighted by atomic mass is 32.2. The monoisotopic (exact) mass is 318 g/mol.